The number of ether oxygens (including phenoxy) is 1. The first-order valence-corrected chi connectivity index (χ1v) is 9.70. The Kier molecular flexibility index (Phi) is 4.79. The molecule has 0 amide bonds. The summed E-state index contributed by atoms with van der Waals surface area (Å²) < 4.78 is 5.73. The molecule has 3 nitrogen and oxygen atoms in total. The number of aliphatic hydroxyl groups is 1. The van der Waals surface area contributed by atoms with Gasteiger partial charge in [0.25, 0.3) is 0 Å². The van der Waals surface area contributed by atoms with E-state index in [2.05, 4.69) is 27.7 Å². The molecular formula is C20H34O3. The van der Waals surface area contributed by atoms with E-state index in [-0.39, 0.29) is 29.5 Å². The Hall–Kier alpha value is -0.570. The van der Waals surface area contributed by atoms with Gasteiger partial charge in [-0.05, 0) is 42.4 Å². The van der Waals surface area contributed by atoms with Crippen molar-refractivity contribution < 1.29 is 14.6 Å². The Labute approximate surface area is 141 Å². The zero-order chi connectivity index (χ0) is 16.8. The highest BCUT2D eigenvalue weighted by molar-refractivity contribution is 5.71. The summed E-state index contributed by atoms with van der Waals surface area (Å²) in [4.78, 5) is 11.9. The van der Waals surface area contributed by atoms with Crippen LogP contribution in [0, 0.1) is 35.0 Å². The predicted octanol–water partition coefficient (Wildman–Crippen LogP) is 4.18. The van der Waals surface area contributed by atoms with Crippen molar-refractivity contribution >= 4 is 5.97 Å². The Morgan fingerprint density at radius 3 is 2.74 bits per heavy atom. The summed E-state index contributed by atoms with van der Waals surface area (Å²) in [6.07, 6.45) is 7.00. The molecular weight excluding hydrogens is 288 g/mol. The van der Waals surface area contributed by atoms with Crippen molar-refractivity contribution in [1.82, 2.24) is 0 Å². The summed E-state index contributed by atoms with van der Waals surface area (Å²) in [7, 11) is 0. The van der Waals surface area contributed by atoms with Gasteiger partial charge in [0.1, 0.15) is 6.10 Å². The average Bonchev–Trinajstić information content (AvgIpc) is 2.76. The summed E-state index contributed by atoms with van der Waals surface area (Å²) in [6.45, 7) is 9.40. The van der Waals surface area contributed by atoms with Crippen molar-refractivity contribution in [3.63, 3.8) is 0 Å². The molecule has 0 aromatic rings. The summed E-state index contributed by atoms with van der Waals surface area (Å²) in [5, 5.41) is 10.4. The topological polar surface area (TPSA) is 46.5 Å². The Bertz CT molecular complexity index is 446. The number of esters is 1. The first-order valence-electron chi connectivity index (χ1n) is 9.70. The molecule has 7 atom stereocenters. The maximum atomic E-state index is 11.9. The zero-order valence-electron chi connectivity index (χ0n) is 15.3. The van der Waals surface area contributed by atoms with E-state index in [9.17, 15) is 9.90 Å². The van der Waals surface area contributed by atoms with Gasteiger partial charge in [0, 0.05) is 11.8 Å². The van der Waals surface area contributed by atoms with Gasteiger partial charge in [0.05, 0.1) is 12.5 Å². The van der Waals surface area contributed by atoms with E-state index in [1.807, 2.05) is 0 Å². The molecule has 3 aliphatic rings. The molecule has 1 saturated heterocycles. The fourth-order valence-corrected chi connectivity index (χ4v) is 6.09. The van der Waals surface area contributed by atoms with Crippen LogP contribution < -0.4 is 0 Å². The summed E-state index contributed by atoms with van der Waals surface area (Å²) in [5.74, 6) is 2.51. The average molecular weight is 322 g/mol. The number of carbonyl (C=O) groups is 1. The third-order valence-electron chi connectivity index (χ3n) is 7.24. The molecule has 0 bridgehead atoms. The van der Waals surface area contributed by atoms with E-state index in [1.165, 1.54) is 19.3 Å². The van der Waals surface area contributed by atoms with Gasteiger partial charge in [-0.1, -0.05) is 47.0 Å². The van der Waals surface area contributed by atoms with Crippen LogP contribution in [0.3, 0.4) is 0 Å². The third kappa shape index (κ3) is 3.06. The van der Waals surface area contributed by atoms with Gasteiger partial charge in [-0.25, -0.2) is 0 Å². The second-order valence-corrected chi connectivity index (χ2v) is 9.18. The van der Waals surface area contributed by atoms with Crippen LogP contribution in [0.4, 0.5) is 0 Å². The zero-order valence-corrected chi connectivity index (χ0v) is 15.3. The maximum Gasteiger partial charge on any atom is 0.306 e. The summed E-state index contributed by atoms with van der Waals surface area (Å²) in [5.41, 5.74) is 0.243. The molecule has 0 radical (unpaired) electrons. The molecule has 1 heterocycles. The van der Waals surface area contributed by atoms with E-state index in [4.69, 9.17) is 4.74 Å². The highest BCUT2D eigenvalue weighted by atomic mass is 16.5. The number of hydrogen-bond acceptors (Lipinski definition) is 3. The van der Waals surface area contributed by atoms with Crippen molar-refractivity contribution in [2.45, 2.75) is 84.8 Å². The fourth-order valence-electron chi connectivity index (χ4n) is 6.09. The van der Waals surface area contributed by atoms with Crippen LogP contribution in [-0.2, 0) is 9.53 Å². The van der Waals surface area contributed by atoms with Gasteiger partial charge in [0.15, 0.2) is 0 Å². The SMILES string of the molecule is CC(C)CCCC(C)C1CC2OC(=O)CC3C(O)CCC1(C)C23. The largest absolute Gasteiger partial charge is 0.462 e. The van der Waals surface area contributed by atoms with Crippen molar-refractivity contribution in [2.75, 3.05) is 0 Å². The predicted molar refractivity (Wildman–Crippen MR) is 90.8 cm³/mol. The number of hydrogen-bond donors (Lipinski definition) is 1. The molecule has 2 saturated carbocycles. The molecule has 3 rings (SSSR count). The van der Waals surface area contributed by atoms with Crippen LogP contribution in [0.25, 0.3) is 0 Å². The molecule has 2 aliphatic carbocycles. The molecule has 0 spiro atoms. The van der Waals surface area contributed by atoms with Crippen LogP contribution in [0.2, 0.25) is 0 Å². The molecule has 3 fully saturated rings. The number of aliphatic hydroxyl groups excluding tert-OH is 1. The summed E-state index contributed by atoms with van der Waals surface area (Å²) >= 11 is 0. The minimum atomic E-state index is -0.307. The van der Waals surface area contributed by atoms with Gasteiger partial charge in [-0.2, -0.15) is 0 Å². The normalized spacial score (nSPS) is 44.1. The van der Waals surface area contributed by atoms with E-state index in [1.54, 1.807) is 0 Å². The molecule has 0 aromatic carbocycles. The van der Waals surface area contributed by atoms with Gasteiger partial charge in [-0.15, -0.1) is 0 Å². The van der Waals surface area contributed by atoms with E-state index >= 15 is 0 Å². The lowest BCUT2D eigenvalue weighted by molar-refractivity contribution is -0.175. The highest BCUT2D eigenvalue weighted by Crippen LogP contribution is 2.62. The lowest BCUT2D eigenvalue weighted by atomic mass is 9.57. The Morgan fingerprint density at radius 1 is 1.30 bits per heavy atom. The van der Waals surface area contributed by atoms with Gasteiger partial charge in [-0.3, -0.25) is 4.79 Å². The smallest absolute Gasteiger partial charge is 0.306 e. The molecule has 23 heavy (non-hydrogen) atoms. The standard InChI is InChI=1S/C20H34O3/c1-12(2)6-5-7-13(3)15-11-17-19-14(10-18(22)23-17)16(21)8-9-20(15,19)4/h12-17,19,21H,5-11H2,1-4H3. The van der Waals surface area contributed by atoms with Crippen LogP contribution >= 0.6 is 0 Å². The monoisotopic (exact) mass is 322 g/mol. The highest BCUT2D eigenvalue weighted by Gasteiger charge is 2.62. The van der Waals surface area contributed by atoms with Crippen molar-refractivity contribution in [3.8, 4) is 0 Å². The van der Waals surface area contributed by atoms with Crippen LogP contribution in [0.15, 0.2) is 0 Å². The number of rotatable bonds is 5. The lowest BCUT2D eigenvalue weighted by Gasteiger charge is -2.50. The third-order valence-corrected chi connectivity index (χ3v) is 7.24. The van der Waals surface area contributed by atoms with Gasteiger partial charge in [0.2, 0.25) is 0 Å². The fraction of sp³-hybridized carbons (Fsp3) is 0.950. The molecule has 132 valence electrons. The maximum absolute atomic E-state index is 11.9. The lowest BCUT2D eigenvalue weighted by Crippen LogP contribution is -2.51. The first kappa shape index (κ1) is 17.3. The van der Waals surface area contributed by atoms with Crippen LogP contribution in [0.1, 0.15) is 72.6 Å². The summed E-state index contributed by atoms with van der Waals surface area (Å²) in [6, 6.07) is 0. The molecule has 7 unspecified atom stereocenters. The van der Waals surface area contributed by atoms with Gasteiger partial charge < -0.3 is 9.84 Å². The van der Waals surface area contributed by atoms with E-state index in [0.717, 1.165) is 25.2 Å². The quantitative estimate of drug-likeness (QED) is 0.772. The molecule has 1 aliphatic heterocycles. The van der Waals surface area contributed by atoms with Crippen molar-refractivity contribution in [1.29, 1.82) is 0 Å². The van der Waals surface area contributed by atoms with Crippen LogP contribution in [-0.4, -0.2) is 23.3 Å². The minimum Gasteiger partial charge on any atom is -0.462 e. The second-order valence-electron chi connectivity index (χ2n) is 9.18. The minimum absolute atomic E-state index is 0.0544. The van der Waals surface area contributed by atoms with E-state index < -0.39 is 0 Å². The Morgan fingerprint density at radius 2 is 2.04 bits per heavy atom. The number of carbonyl (C=O) groups excluding carboxylic acids is 1. The van der Waals surface area contributed by atoms with E-state index in [0.29, 0.717) is 24.2 Å². The van der Waals surface area contributed by atoms with Crippen molar-refractivity contribution in [2.24, 2.45) is 35.0 Å². The molecule has 3 heteroatoms. The second kappa shape index (κ2) is 6.38. The van der Waals surface area contributed by atoms with Gasteiger partial charge >= 0.3 is 5.97 Å². The molecule has 0 aromatic heterocycles. The van der Waals surface area contributed by atoms with Crippen molar-refractivity contribution in [3.05, 3.63) is 0 Å². The Balaban J connectivity index is 1.74. The molecule has 1 N–H and O–H groups in total. The first-order chi connectivity index (χ1) is 10.8. The van der Waals surface area contributed by atoms with Crippen LogP contribution in [0.5, 0.6) is 0 Å².